The molecule has 0 atom stereocenters. The fraction of sp³-hybridized carbons (Fsp3) is 0.483. The summed E-state index contributed by atoms with van der Waals surface area (Å²) in [5.74, 6) is 0.173. The number of aromatic hydroxyl groups is 1. The third-order valence-corrected chi connectivity index (χ3v) is 7.70. The van der Waals surface area contributed by atoms with E-state index in [1.165, 1.54) is 12.8 Å². The van der Waals surface area contributed by atoms with Gasteiger partial charge in [-0.3, -0.25) is 14.6 Å². The molecular weight excluding hydrogens is 440 g/mol. The summed E-state index contributed by atoms with van der Waals surface area (Å²) in [6.07, 6.45) is 6.58. The third-order valence-electron chi connectivity index (χ3n) is 7.70. The minimum Gasteiger partial charge on any atom is -0.507 e. The standard InChI is InChI=1S/C29H36N2O4/c1-5-21-17(3)27(30-18(21)4)26-28(34)25(29(26)35)22-14-13-20(16-24(22)33)31(6-2)15-9-12-23(32)19-10-7-8-11-19/h13-14,16,19,33-34H,5-12,15H2,1-4H3. The first-order chi connectivity index (χ1) is 16.8. The molecule has 2 aliphatic carbocycles. The first-order valence-electron chi connectivity index (χ1n) is 12.9. The van der Waals surface area contributed by atoms with Gasteiger partial charge in [0, 0.05) is 48.5 Å². The number of benzene rings is 1. The molecule has 6 nitrogen and oxygen atoms in total. The predicted octanol–water partition coefficient (Wildman–Crippen LogP) is 6.06. The summed E-state index contributed by atoms with van der Waals surface area (Å²) in [4.78, 5) is 32.1. The monoisotopic (exact) mass is 476 g/mol. The van der Waals surface area contributed by atoms with Crippen LogP contribution < -0.4 is 4.90 Å². The average molecular weight is 477 g/mol. The van der Waals surface area contributed by atoms with E-state index in [2.05, 4.69) is 9.89 Å². The maximum atomic E-state index is 13.0. The quantitative estimate of drug-likeness (QED) is 0.423. The normalized spacial score (nSPS) is 20.6. The molecule has 3 aliphatic rings. The molecule has 1 heterocycles. The van der Waals surface area contributed by atoms with Gasteiger partial charge in [-0.25, -0.2) is 0 Å². The van der Waals surface area contributed by atoms with Crippen LogP contribution in [0.2, 0.25) is 0 Å². The number of aliphatic hydroxyl groups excluding tert-OH is 1. The second-order valence-corrected chi connectivity index (χ2v) is 9.76. The molecule has 35 heavy (non-hydrogen) atoms. The van der Waals surface area contributed by atoms with Gasteiger partial charge in [-0.05, 0) is 69.7 Å². The van der Waals surface area contributed by atoms with Crippen LogP contribution in [0.3, 0.4) is 0 Å². The summed E-state index contributed by atoms with van der Waals surface area (Å²) in [6.45, 7) is 9.38. The van der Waals surface area contributed by atoms with Crippen LogP contribution in [0.1, 0.15) is 78.2 Å². The number of Topliss-reactive ketones (excluding diaryl/α,β-unsaturated/α-hetero) is 2. The molecule has 0 unspecified atom stereocenters. The number of aliphatic imine (C=N–C) groups is 1. The largest absolute Gasteiger partial charge is 0.507 e. The number of hydrogen-bond acceptors (Lipinski definition) is 6. The highest BCUT2D eigenvalue weighted by atomic mass is 16.3. The van der Waals surface area contributed by atoms with Gasteiger partial charge in [0.1, 0.15) is 17.3 Å². The lowest BCUT2D eigenvalue weighted by Crippen LogP contribution is -2.25. The molecule has 0 bridgehead atoms. The fourth-order valence-electron chi connectivity index (χ4n) is 5.66. The topological polar surface area (TPSA) is 90.2 Å². The molecule has 0 radical (unpaired) electrons. The molecule has 186 valence electrons. The van der Waals surface area contributed by atoms with Gasteiger partial charge in [-0.2, -0.15) is 0 Å². The molecule has 6 heteroatoms. The van der Waals surface area contributed by atoms with E-state index >= 15 is 0 Å². The summed E-state index contributed by atoms with van der Waals surface area (Å²) < 4.78 is 0. The summed E-state index contributed by atoms with van der Waals surface area (Å²) in [7, 11) is 0. The lowest BCUT2D eigenvalue weighted by molar-refractivity contribution is -0.122. The Morgan fingerprint density at radius 2 is 1.83 bits per heavy atom. The van der Waals surface area contributed by atoms with E-state index in [0.717, 1.165) is 61.3 Å². The van der Waals surface area contributed by atoms with E-state index in [-0.39, 0.29) is 34.4 Å². The molecule has 1 aromatic carbocycles. The summed E-state index contributed by atoms with van der Waals surface area (Å²) in [5, 5.41) is 21.5. The van der Waals surface area contributed by atoms with Crippen LogP contribution in [0.25, 0.3) is 5.57 Å². The van der Waals surface area contributed by atoms with Crippen LogP contribution in [0.5, 0.6) is 5.75 Å². The Bertz CT molecular complexity index is 1180. The van der Waals surface area contributed by atoms with Crippen molar-refractivity contribution < 1.29 is 19.8 Å². The molecule has 4 rings (SSSR count). The van der Waals surface area contributed by atoms with Crippen LogP contribution in [0.15, 0.2) is 51.4 Å². The predicted molar refractivity (Wildman–Crippen MR) is 140 cm³/mol. The SMILES string of the molecule is CCC1=C(C)C(=C2C(=O)C(c3ccc(N(CC)CCCC(=O)C4CCCC4)cc3O)=C2O)N=C1C. The van der Waals surface area contributed by atoms with Crippen LogP contribution in [0, 0.1) is 5.92 Å². The molecule has 1 aromatic rings. The maximum absolute atomic E-state index is 13.0. The average Bonchev–Trinajstić information content (AvgIpc) is 3.46. The zero-order valence-corrected chi connectivity index (χ0v) is 21.3. The number of hydrogen-bond donors (Lipinski definition) is 2. The van der Waals surface area contributed by atoms with Crippen LogP contribution in [0.4, 0.5) is 5.69 Å². The van der Waals surface area contributed by atoms with Gasteiger partial charge in [0.25, 0.3) is 0 Å². The smallest absolute Gasteiger partial charge is 0.203 e. The van der Waals surface area contributed by atoms with Crippen molar-refractivity contribution in [1.29, 1.82) is 0 Å². The van der Waals surface area contributed by atoms with E-state index in [0.29, 0.717) is 23.5 Å². The fourth-order valence-corrected chi connectivity index (χ4v) is 5.66. The Morgan fingerprint density at radius 1 is 1.11 bits per heavy atom. The van der Waals surface area contributed by atoms with Crippen molar-refractivity contribution in [2.45, 2.75) is 72.6 Å². The van der Waals surface area contributed by atoms with E-state index in [4.69, 9.17) is 0 Å². The molecule has 0 saturated heterocycles. The summed E-state index contributed by atoms with van der Waals surface area (Å²) in [6, 6.07) is 5.17. The highest BCUT2D eigenvalue weighted by Gasteiger charge is 2.40. The van der Waals surface area contributed by atoms with Gasteiger partial charge >= 0.3 is 0 Å². The maximum Gasteiger partial charge on any atom is 0.203 e. The van der Waals surface area contributed by atoms with Gasteiger partial charge in [0.15, 0.2) is 0 Å². The van der Waals surface area contributed by atoms with E-state index in [1.807, 2.05) is 33.8 Å². The van der Waals surface area contributed by atoms with Gasteiger partial charge in [-0.1, -0.05) is 19.8 Å². The number of carbonyl (C=O) groups is 2. The van der Waals surface area contributed by atoms with Gasteiger partial charge in [0.2, 0.25) is 5.78 Å². The molecule has 1 fully saturated rings. The zero-order valence-electron chi connectivity index (χ0n) is 21.3. The second-order valence-electron chi connectivity index (χ2n) is 9.76. The van der Waals surface area contributed by atoms with Crippen molar-refractivity contribution in [2.75, 3.05) is 18.0 Å². The lowest BCUT2D eigenvalue weighted by Gasteiger charge is -2.26. The Labute approximate surface area is 207 Å². The van der Waals surface area contributed by atoms with Crippen molar-refractivity contribution in [3.05, 3.63) is 51.9 Å². The van der Waals surface area contributed by atoms with Crippen molar-refractivity contribution in [3.8, 4) is 5.75 Å². The van der Waals surface area contributed by atoms with Crippen molar-refractivity contribution in [1.82, 2.24) is 0 Å². The Hall–Kier alpha value is -3.15. The molecule has 0 amide bonds. The van der Waals surface area contributed by atoms with Crippen molar-refractivity contribution in [3.63, 3.8) is 0 Å². The number of allylic oxidation sites excluding steroid dienone is 4. The van der Waals surface area contributed by atoms with E-state index < -0.39 is 0 Å². The van der Waals surface area contributed by atoms with E-state index in [9.17, 15) is 19.8 Å². The highest BCUT2D eigenvalue weighted by Crippen LogP contribution is 2.44. The number of aliphatic hydroxyl groups is 1. The zero-order chi connectivity index (χ0) is 25.3. The van der Waals surface area contributed by atoms with Crippen molar-refractivity contribution in [2.24, 2.45) is 10.9 Å². The van der Waals surface area contributed by atoms with Crippen LogP contribution >= 0.6 is 0 Å². The third kappa shape index (κ3) is 4.58. The highest BCUT2D eigenvalue weighted by molar-refractivity contribution is 6.40. The van der Waals surface area contributed by atoms with Gasteiger partial charge in [0.05, 0.1) is 16.8 Å². The molecular formula is C29H36N2O4. The number of anilines is 1. The number of carbonyl (C=O) groups excluding carboxylic acids is 2. The van der Waals surface area contributed by atoms with Crippen LogP contribution in [-0.2, 0) is 9.59 Å². The Kier molecular flexibility index (Phi) is 7.29. The minimum atomic E-state index is -0.299. The first kappa shape index (κ1) is 25.0. The van der Waals surface area contributed by atoms with E-state index in [1.54, 1.807) is 12.1 Å². The second kappa shape index (κ2) is 10.2. The Balaban J connectivity index is 1.50. The number of rotatable bonds is 9. The number of ketones is 2. The number of phenols is 1. The minimum absolute atomic E-state index is 0.0467. The molecule has 1 aliphatic heterocycles. The van der Waals surface area contributed by atoms with Gasteiger partial charge in [-0.15, -0.1) is 0 Å². The molecule has 1 saturated carbocycles. The van der Waals surface area contributed by atoms with Crippen molar-refractivity contribution >= 4 is 28.5 Å². The van der Waals surface area contributed by atoms with Crippen LogP contribution in [-0.4, -0.2) is 40.6 Å². The molecule has 2 N–H and O–H groups in total. The molecule has 0 aromatic heterocycles. The number of phenolic OH excluding ortho intramolecular Hbond substituents is 1. The molecule has 0 spiro atoms. The number of nitrogens with zero attached hydrogens (tertiary/aromatic N) is 2. The first-order valence-corrected chi connectivity index (χ1v) is 12.9. The summed E-state index contributed by atoms with van der Waals surface area (Å²) in [5.41, 5.74) is 4.93. The summed E-state index contributed by atoms with van der Waals surface area (Å²) >= 11 is 0. The Morgan fingerprint density at radius 3 is 2.40 bits per heavy atom. The lowest BCUT2D eigenvalue weighted by atomic mass is 9.81. The van der Waals surface area contributed by atoms with Gasteiger partial charge < -0.3 is 15.1 Å².